The lowest BCUT2D eigenvalue weighted by Crippen LogP contribution is -3.28. The van der Waals surface area contributed by atoms with Gasteiger partial charge in [-0.1, -0.05) is 0 Å². The van der Waals surface area contributed by atoms with Gasteiger partial charge in [0.05, 0.1) is 6.26 Å². The predicted molar refractivity (Wildman–Crippen MR) is 90.5 cm³/mol. The Bertz CT molecular complexity index is 772. The smallest absolute Gasteiger partial charge is 0.292 e. The van der Waals surface area contributed by atoms with E-state index >= 15 is 0 Å². The first-order valence-corrected chi connectivity index (χ1v) is 9.16. The third-order valence-corrected chi connectivity index (χ3v) is 5.02. The van der Waals surface area contributed by atoms with Gasteiger partial charge in [0.15, 0.2) is 19.0 Å². The molecule has 1 aliphatic heterocycles. The van der Waals surface area contributed by atoms with Crippen LogP contribution in [0, 0.1) is 4.84 Å². The molecule has 1 aliphatic carbocycles. The second-order valence-electron chi connectivity index (χ2n) is 6.83. The van der Waals surface area contributed by atoms with E-state index in [1.807, 2.05) is 0 Å². The van der Waals surface area contributed by atoms with Crippen molar-refractivity contribution in [1.82, 2.24) is 15.1 Å². The predicted octanol–water partition coefficient (Wildman–Crippen LogP) is -1.51. The Morgan fingerprint density at radius 3 is 2.76 bits per heavy atom. The second kappa shape index (κ2) is 7.11. The fraction of sp³-hybridized carbons (Fsp3) is 0.562. The molecule has 3 heterocycles. The Hall–Kier alpha value is -1.97. The largest absolute Gasteiger partial charge is 0.459 e. The quantitative estimate of drug-likeness (QED) is 0.542. The van der Waals surface area contributed by atoms with Gasteiger partial charge in [0.2, 0.25) is 0 Å². The molecule has 2 aromatic heterocycles. The van der Waals surface area contributed by atoms with Crippen LogP contribution >= 0.6 is 12.2 Å². The molecule has 3 N–H and O–H groups in total. The summed E-state index contributed by atoms with van der Waals surface area (Å²) in [5, 5.41) is 7.47. The van der Waals surface area contributed by atoms with E-state index in [9.17, 15) is 4.79 Å². The molecule has 134 valence electrons. The topological polar surface area (TPSA) is 82.1 Å². The van der Waals surface area contributed by atoms with Crippen molar-refractivity contribution in [3.05, 3.63) is 23.2 Å². The molecule has 0 bridgehead atoms. The highest BCUT2D eigenvalue weighted by atomic mass is 32.1. The van der Waals surface area contributed by atoms with Crippen LogP contribution in [0.3, 0.4) is 0 Å². The molecule has 2 aromatic rings. The lowest BCUT2D eigenvalue weighted by molar-refractivity contribution is -1.02. The summed E-state index contributed by atoms with van der Waals surface area (Å²) in [5.74, 6) is 1.17. The van der Waals surface area contributed by atoms with Crippen molar-refractivity contribution in [1.29, 1.82) is 0 Å². The molecule has 1 amide bonds. The number of carbonyl (C=O) groups is 1. The van der Waals surface area contributed by atoms with Gasteiger partial charge in [-0.05, 0) is 37.2 Å². The van der Waals surface area contributed by atoms with E-state index in [1.54, 1.807) is 23.1 Å². The lowest BCUT2D eigenvalue weighted by atomic mass is 10.3. The van der Waals surface area contributed by atoms with Gasteiger partial charge in [-0.25, -0.2) is 0 Å². The maximum atomic E-state index is 11.9. The zero-order chi connectivity index (χ0) is 17.2. The van der Waals surface area contributed by atoms with Crippen LogP contribution in [0.1, 0.15) is 12.8 Å². The van der Waals surface area contributed by atoms with Crippen LogP contribution in [-0.4, -0.2) is 54.5 Å². The Labute approximate surface area is 150 Å². The van der Waals surface area contributed by atoms with E-state index in [4.69, 9.17) is 21.1 Å². The number of hydrogen-bond donors (Lipinski definition) is 3. The minimum atomic E-state index is 0.183. The van der Waals surface area contributed by atoms with Gasteiger partial charge >= 0.3 is 0 Å². The molecule has 8 nitrogen and oxygen atoms in total. The van der Waals surface area contributed by atoms with Gasteiger partial charge in [0, 0.05) is 6.04 Å². The minimum Gasteiger partial charge on any atom is -0.459 e. The number of aromatic nitrogens is 2. The van der Waals surface area contributed by atoms with Crippen LogP contribution in [0.5, 0.6) is 0 Å². The summed E-state index contributed by atoms with van der Waals surface area (Å²) in [6, 6.07) is 4.03. The third kappa shape index (κ3) is 4.17. The van der Waals surface area contributed by atoms with Crippen molar-refractivity contribution in [3.8, 4) is 11.7 Å². The average Bonchev–Trinajstić information content (AvgIpc) is 3.09. The summed E-state index contributed by atoms with van der Waals surface area (Å²) in [4.78, 5) is 15.0. The summed E-state index contributed by atoms with van der Waals surface area (Å²) in [7, 11) is 0. The molecule has 2 aliphatic rings. The maximum Gasteiger partial charge on any atom is 0.292 e. The number of amides is 1. The van der Waals surface area contributed by atoms with Gasteiger partial charge in [0.25, 0.3) is 16.6 Å². The Morgan fingerprint density at radius 1 is 1.32 bits per heavy atom. The summed E-state index contributed by atoms with van der Waals surface area (Å²) >= 11 is 5.26. The van der Waals surface area contributed by atoms with Gasteiger partial charge in [0.1, 0.15) is 26.2 Å². The first kappa shape index (κ1) is 16.5. The molecule has 0 atom stereocenters. The second-order valence-corrected chi connectivity index (χ2v) is 7.18. The molecule has 0 spiro atoms. The molecule has 0 aromatic carbocycles. The van der Waals surface area contributed by atoms with Crippen molar-refractivity contribution in [3.63, 3.8) is 0 Å². The van der Waals surface area contributed by atoms with Gasteiger partial charge < -0.3 is 24.0 Å². The number of hydrogen-bond acceptors (Lipinski definition) is 5. The van der Waals surface area contributed by atoms with Gasteiger partial charge in [-0.3, -0.25) is 4.79 Å². The van der Waals surface area contributed by atoms with Crippen LogP contribution in [0.4, 0.5) is 0 Å². The van der Waals surface area contributed by atoms with E-state index in [0.29, 0.717) is 35.7 Å². The lowest BCUT2D eigenvalue weighted by Gasteiger charge is -2.28. The Balaban J connectivity index is 1.28. The van der Waals surface area contributed by atoms with E-state index in [0.717, 1.165) is 39.0 Å². The molecule has 1 saturated carbocycles. The molecule has 25 heavy (non-hydrogen) atoms. The number of quaternary nitrogens is 2. The highest BCUT2D eigenvalue weighted by Gasteiger charge is 2.28. The highest BCUT2D eigenvalue weighted by Crippen LogP contribution is 2.18. The van der Waals surface area contributed by atoms with Crippen molar-refractivity contribution in [2.24, 2.45) is 0 Å². The van der Waals surface area contributed by atoms with Crippen LogP contribution < -0.4 is 15.1 Å². The summed E-state index contributed by atoms with van der Waals surface area (Å²) in [6.45, 7) is 5.17. The third-order valence-electron chi connectivity index (χ3n) is 4.73. The van der Waals surface area contributed by atoms with Crippen LogP contribution in [0.25, 0.3) is 11.7 Å². The van der Waals surface area contributed by atoms with Crippen molar-refractivity contribution < 1.29 is 23.4 Å². The van der Waals surface area contributed by atoms with E-state index in [2.05, 4.69) is 10.4 Å². The number of rotatable bonds is 6. The number of piperazine rings is 1. The molecule has 9 heteroatoms. The Morgan fingerprint density at radius 2 is 2.08 bits per heavy atom. The molecular weight excluding hydrogens is 342 g/mol. The molecule has 0 radical (unpaired) electrons. The summed E-state index contributed by atoms with van der Waals surface area (Å²) in [5.41, 5.74) is 0. The number of nitrogens with zero attached hydrogens (tertiary/aromatic N) is 2. The fourth-order valence-corrected chi connectivity index (χ4v) is 3.33. The molecule has 0 unspecified atom stereocenters. The van der Waals surface area contributed by atoms with E-state index < -0.39 is 0 Å². The van der Waals surface area contributed by atoms with Crippen LogP contribution in [0.15, 0.2) is 27.2 Å². The number of furan rings is 1. The van der Waals surface area contributed by atoms with E-state index in [1.165, 1.54) is 9.80 Å². The van der Waals surface area contributed by atoms with E-state index in [-0.39, 0.29) is 5.91 Å². The summed E-state index contributed by atoms with van der Waals surface area (Å²) in [6.07, 6.45) is 3.86. The first-order valence-electron chi connectivity index (χ1n) is 8.76. The standard InChI is InChI=1S/C16H21N5O3S/c22-14(17-12-3-4-12)10-19-5-7-20(8-6-19)11-21-16(25)24-15(18-21)13-2-1-9-23-13/h1-2,9,12H,3-8,10-11H2,(H,17,22)/p+2. The molecule has 2 fully saturated rings. The maximum absolute atomic E-state index is 11.9. The fourth-order valence-electron chi connectivity index (χ4n) is 3.14. The Kier molecular flexibility index (Phi) is 4.69. The zero-order valence-electron chi connectivity index (χ0n) is 14.0. The normalized spacial score (nSPS) is 23.5. The SMILES string of the molecule is O=C(C[NH+]1CC[NH+](Cn2nc(-c3ccco3)oc2=S)CC1)NC1CC1. The monoisotopic (exact) mass is 365 g/mol. The van der Waals surface area contributed by atoms with Gasteiger partial charge in [-0.15, -0.1) is 5.10 Å². The molecule has 4 rings (SSSR count). The molecule has 1 saturated heterocycles. The van der Waals surface area contributed by atoms with Crippen molar-refractivity contribution in [2.75, 3.05) is 32.7 Å². The summed E-state index contributed by atoms with van der Waals surface area (Å²) < 4.78 is 12.5. The average molecular weight is 365 g/mol. The minimum absolute atomic E-state index is 0.183. The zero-order valence-corrected chi connectivity index (χ0v) is 14.8. The molecular formula is C16H23N5O3S+2. The first-order chi connectivity index (χ1) is 12.2. The highest BCUT2D eigenvalue weighted by molar-refractivity contribution is 7.71. The number of carbonyl (C=O) groups excluding carboxylic acids is 1. The van der Waals surface area contributed by atoms with Crippen molar-refractivity contribution >= 4 is 18.1 Å². The van der Waals surface area contributed by atoms with Crippen LogP contribution in [0.2, 0.25) is 0 Å². The van der Waals surface area contributed by atoms with Gasteiger partial charge in [-0.2, -0.15) is 4.68 Å². The number of nitrogens with one attached hydrogen (secondary N) is 3. The van der Waals surface area contributed by atoms with Crippen LogP contribution in [-0.2, 0) is 11.5 Å². The van der Waals surface area contributed by atoms with Crippen molar-refractivity contribution in [2.45, 2.75) is 25.6 Å².